The van der Waals surface area contributed by atoms with Crippen LogP contribution in [0.15, 0.2) is 47.3 Å². The minimum atomic E-state index is -4.50. The number of rotatable bonds is 4. The molecule has 1 fully saturated rings. The molecular formula is C20H21F3N4O2. The molecule has 1 aliphatic rings. The zero-order valence-electron chi connectivity index (χ0n) is 15.6. The zero-order valence-corrected chi connectivity index (χ0v) is 15.6. The van der Waals surface area contributed by atoms with Crippen molar-refractivity contribution in [2.45, 2.75) is 12.7 Å². The van der Waals surface area contributed by atoms with Crippen LogP contribution in [-0.4, -0.2) is 52.3 Å². The van der Waals surface area contributed by atoms with Crippen LogP contribution in [0.1, 0.15) is 5.56 Å². The van der Waals surface area contributed by atoms with E-state index in [9.17, 15) is 23.1 Å². The summed E-state index contributed by atoms with van der Waals surface area (Å²) in [6.07, 6.45) is -4.50. The number of imidazole rings is 1. The van der Waals surface area contributed by atoms with Crippen LogP contribution in [0.2, 0.25) is 0 Å². The predicted octanol–water partition coefficient (Wildman–Crippen LogP) is 2.88. The Labute approximate surface area is 164 Å². The second-order valence-electron chi connectivity index (χ2n) is 7.16. The summed E-state index contributed by atoms with van der Waals surface area (Å²) in [6.45, 7) is 3.62. The van der Waals surface area contributed by atoms with Gasteiger partial charge in [-0.3, -0.25) is 9.47 Å². The first-order chi connectivity index (χ1) is 13.8. The summed E-state index contributed by atoms with van der Waals surface area (Å²) in [5.41, 5.74) is 1.02. The Morgan fingerprint density at radius 2 is 1.72 bits per heavy atom. The highest BCUT2D eigenvalue weighted by Gasteiger charge is 2.32. The summed E-state index contributed by atoms with van der Waals surface area (Å²) in [7, 11) is 0. The van der Waals surface area contributed by atoms with Crippen molar-refractivity contribution in [3.63, 3.8) is 0 Å². The molecule has 0 amide bonds. The van der Waals surface area contributed by atoms with Gasteiger partial charge in [0.15, 0.2) is 0 Å². The molecule has 0 atom stereocenters. The third-order valence-corrected chi connectivity index (χ3v) is 5.29. The summed E-state index contributed by atoms with van der Waals surface area (Å²) < 4.78 is 40.7. The van der Waals surface area contributed by atoms with E-state index >= 15 is 0 Å². The van der Waals surface area contributed by atoms with Crippen molar-refractivity contribution >= 4 is 16.7 Å². The van der Waals surface area contributed by atoms with Gasteiger partial charge < -0.3 is 15.0 Å². The van der Waals surface area contributed by atoms with E-state index in [2.05, 4.69) is 9.88 Å². The van der Waals surface area contributed by atoms with Crippen molar-refractivity contribution in [2.24, 2.45) is 0 Å². The molecule has 154 valence electrons. The van der Waals surface area contributed by atoms with Gasteiger partial charge in [0.05, 0.1) is 16.6 Å². The maximum atomic E-state index is 13.0. The number of anilines is 1. The number of hydrogen-bond acceptors (Lipinski definition) is 4. The molecule has 3 aromatic rings. The summed E-state index contributed by atoms with van der Waals surface area (Å²) in [5.74, 6) is -0.393. The van der Waals surface area contributed by atoms with E-state index in [0.29, 0.717) is 45.0 Å². The first-order valence-electron chi connectivity index (χ1n) is 9.37. The van der Waals surface area contributed by atoms with Crippen LogP contribution in [-0.2, 0) is 12.7 Å². The lowest BCUT2D eigenvalue weighted by molar-refractivity contribution is -0.137. The Bertz CT molecular complexity index is 1070. The van der Waals surface area contributed by atoms with Gasteiger partial charge in [-0.25, -0.2) is 4.79 Å². The number of para-hydroxylation sites is 2. The largest absolute Gasteiger partial charge is 0.508 e. The molecule has 0 unspecified atom stereocenters. The molecule has 9 heteroatoms. The normalized spacial score (nSPS) is 15.9. The van der Waals surface area contributed by atoms with Gasteiger partial charge >= 0.3 is 11.9 Å². The number of aromatic nitrogens is 2. The van der Waals surface area contributed by atoms with E-state index in [1.54, 1.807) is 4.57 Å². The molecule has 1 saturated heterocycles. The second-order valence-corrected chi connectivity index (χ2v) is 7.16. The van der Waals surface area contributed by atoms with Gasteiger partial charge in [-0.15, -0.1) is 0 Å². The summed E-state index contributed by atoms with van der Waals surface area (Å²) in [4.78, 5) is 19.0. The minimum Gasteiger partial charge on any atom is -0.508 e. The van der Waals surface area contributed by atoms with Crippen molar-refractivity contribution in [1.29, 1.82) is 0 Å². The molecular weight excluding hydrogens is 385 g/mol. The molecule has 0 bridgehead atoms. The third kappa shape index (κ3) is 4.09. The van der Waals surface area contributed by atoms with Gasteiger partial charge in [0.2, 0.25) is 0 Å². The lowest BCUT2D eigenvalue weighted by Crippen LogP contribution is -2.47. The van der Waals surface area contributed by atoms with Crippen LogP contribution < -0.4 is 10.6 Å². The lowest BCUT2D eigenvalue weighted by Gasteiger charge is -2.36. The molecule has 2 aromatic carbocycles. The number of hydrogen-bond donors (Lipinski definition) is 2. The molecule has 0 saturated carbocycles. The molecule has 2 N–H and O–H groups in total. The maximum absolute atomic E-state index is 13.0. The number of H-pyrrole nitrogens is 1. The number of alkyl halides is 3. The highest BCUT2D eigenvalue weighted by atomic mass is 19.4. The molecule has 29 heavy (non-hydrogen) atoms. The molecule has 2 heterocycles. The number of nitrogens with one attached hydrogen (secondary N) is 1. The van der Waals surface area contributed by atoms with Crippen molar-refractivity contribution in [1.82, 2.24) is 14.5 Å². The highest BCUT2D eigenvalue weighted by Crippen LogP contribution is 2.35. The first kappa shape index (κ1) is 19.4. The molecule has 6 nitrogen and oxygen atoms in total. The standard InChI is InChI=1S/C20H21F3N4O2/c21-20(22,23)14-11-15(13-16(28)12-14)26-8-5-25(6-9-26)7-10-27-18-4-2-1-3-17(18)24-19(27)29/h1-4,11-13,28H,5-10H2,(H,24,29). The number of halogens is 3. The average Bonchev–Trinajstić information content (AvgIpc) is 3.00. The molecule has 1 aliphatic heterocycles. The van der Waals surface area contributed by atoms with E-state index in [4.69, 9.17) is 0 Å². The molecule has 1 aromatic heterocycles. The number of piperazine rings is 1. The Kier molecular flexibility index (Phi) is 4.99. The van der Waals surface area contributed by atoms with E-state index in [1.807, 2.05) is 29.2 Å². The number of phenols is 1. The number of nitrogens with zero attached hydrogens (tertiary/aromatic N) is 3. The Morgan fingerprint density at radius 3 is 2.45 bits per heavy atom. The van der Waals surface area contributed by atoms with E-state index < -0.39 is 17.5 Å². The smallest absolute Gasteiger partial charge is 0.416 e. The number of aromatic hydroxyl groups is 1. The van der Waals surface area contributed by atoms with Gasteiger partial charge in [0.25, 0.3) is 0 Å². The van der Waals surface area contributed by atoms with E-state index in [1.165, 1.54) is 6.07 Å². The second kappa shape index (κ2) is 7.47. The highest BCUT2D eigenvalue weighted by molar-refractivity contribution is 5.74. The maximum Gasteiger partial charge on any atom is 0.416 e. The van der Waals surface area contributed by atoms with Crippen LogP contribution in [0.4, 0.5) is 18.9 Å². The minimum absolute atomic E-state index is 0.149. The predicted molar refractivity (Wildman–Crippen MR) is 104 cm³/mol. The quantitative estimate of drug-likeness (QED) is 0.700. The van der Waals surface area contributed by atoms with Crippen LogP contribution in [0.3, 0.4) is 0 Å². The summed E-state index contributed by atoms with van der Waals surface area (Å²) >= 11 is 0. The van der Waals surface area contributed by atoms with Crippen molar-refractivity contribution < 1.29 is 18.3 Å². The van der Waals surface area contributed by atoms with Crippen LogP contribution in [0, 0.1) is 0 Å². The Balaban J connectivity index is 1.39. The average molecular weight is 406 g/mol. The van der Waals surface area contributed by atoms with Gasteiger partial charge in [0.1, 0.15) is 5.75 Å². The van der Waals surface area contributed by atoms with Gasteiger partial charge in [-0.05, 0) is 24.3 Å². The topological polar surface area (TPSA) is 64.5 Å². The monoisotopic (exact) mass is 406 g/mol. The summed E-state index contributed by atoms with van der Waals surface area (Å²) in [5, 5.41) is 9.67. The number of fused-ring (bicyclic) bond motifs is 1. The number of benzene rings is 2. The van der Waals surface area contributed by atoms with Crippen molar-refractivity contribution in [3.8, 4) is 5.75 Å². The van der Waals surface area contributed by atoms with Gasteiger partial charge in [0, 0.05) is 51.0 Å². The molecule has 0 spiro atoms. The number of aromatic amines is 1. The van der Waals surface area contributed by atoms with Crippen molar-refractivity contribution in [2.75, 3.05) is 37.6 Å². The molecule has 4 rings (SSSR count). The van der Waals surface area contributed by atoms with E-state index in [0.717, 1.165) is 23.2 Å². The lowest BCUT2D eigenvalue weighted by atomic mass is 10.1. The zero-order chi connectivity index (χ0) is 20.6. The fraction of sp³-hybridized carbons (Fsp3) is 0.350. The Hall–Kier alpha value is -2.94. The van der Waals surface area contributed by atoms with Crippen LogP contribution >= 0.6 is 0 Å². The summed E-state index contributed by atoms with van der Waals surface area (Å²) in [6, 6.07) is 10.7. The fourth-order valence-corrected chi connectivity index (χ4v) is 3.74. The van der Waals surface area contributed by atoms with Crippen LogP contribution in [0.25, 0.3) is 11.0 Å². The first-order valence-corrected chi connectivity index (χ1v) is 9.37. The third-order valence-electron chi connectivity index (χ3n) is 5.29. The van der Waals surface area contributed by atoms with E-state index in [-0.39, 0.29) is 5.69 Å². The van der Waals surface area contributed by atoms with Gasteiger partial charge in [-0.2, -0.15) is 13.2 Å². The molecule has 0 aliphatic carbocycles. The van der Waals surface area contributed by atoms with Gasteiger partial charge in [-0.1, -0.05) is 12.1 Å². The SMILES string of the molecule is O=c1[nH]c2ccccc2n1CCN1CCN(c2cc(O)cc(C(F)(F)F)c2)CC1. The Morgan fingerprint density at radius 1 is 1.00 bits per heavy atom. The molecule has 0 radical (unpaired) electrons. The fourth-order valence-electron chi connectivity index (χ4n) is 3.74. The van der Waals surface area contributed by atoms with Crippen LogP contribution in [0.5, 0.6) is 5.75 Å². The van der Waals surface area contributed by atoms with Crippen molar-refractivity contribution in [3.05, 3.63) is 58.5 Å². The number of phenolic OH excluding ortho intramolecular Hbond substituents is 1.